The smallest absolute Gasteiger partial charge is 0.241 e. The number of piperazine rings is 1. The van der Waals surface area contributed by atoms with Crippen molar-refractivity contribution in [1.82, 2.24) is 4.90 Å². The monoisotopic (exact) mass is 408 g/mol. The number of carbonyl (C=O) groups excluding carboxylic acids is 2. The van der Waals surface area contributed by atoms with Gasteiger partial charge in [-0.25, -0.2) is 0 Å². The minimum atomic E-state index is 0.0930. The zero-order valence-corrected chi connectivity index (χ0v) is 17.3. The fourth-order valence-electron chi connectivity index (χ4n) is 3.56. The van der Waals surface area contributed by atoms with Crippen molar-refractivity contribution in [3.63, 3.8) is 0 Å². The summed E-state index contributed by atoms with van der Waals surface area (Å²) in [6.07, 6.45) is 1.98. The maximum Gasteiger partial charge on any atom is 0.241 e. The largest absolute Gasteiger partial charge is 0.497 e. The van der Waals surface area contributed by atoms with Crippen LogP contribution in [-0.4, -0.2) is 56.5 Å². The van der Waals surface area contributed by atoms with Crippen molar-refractivity contribution in [3.8, 4) is 5.75 Å². The molecule has 1 saturated carbocycles. The molecule has 4 rings (SSSR count). The Balaban J connectivity index is 1.21. The molecule has 158 valence electrons. The number of nitrogens with zero attached hydrogens (tertiary/aromatic N) is 2. The Hall–Kier alpha value is -3.22. The zero-order chi connectivity index (χ0) is 20.9. The van der Waals surface area contributed by atoms with Gasteiger partial charge < -0.3 is 25.2 Å². The van der Waals surface area contributed by atoms with E-state index in [0.717, 1.165) is 48.7 Å². The van der Waals surface area contributed by atoms with Crippen LogP contribution in [0, 0.1) is 5.92 Å². The van der Waals surface area contributed by atoms with Crippen LogP contribution in [-0.2, 0) is 9.59 Å². The Morgan fingerprint density at radius 3 is 2.17 bits per heavy atom. The van der Waals surface area contributed by atoms with Crippen molar-refractivity contribution in [2.75, 3.05) is 55.4 Å². The van der Waals surface area contributed by atoms with E-state index in [-0.39, 0.29) is 24.3 Å². The molecule has 0 spiro atoms. The minimum absolute atomic E-state index is 0.0930. The van der Waals surface area contributed by atoms with E-state index >= 15 is 0 Å². The highest BCUT2D eigenvalue weighted by atomic mass is 16.5. The van der Waals surface area contributed by atoms with Crippen LogP contribution in [0.4, 0.5) is 17.1 Å². The van der Waals surface area contributed by atoms with Gasteiger partial charge in [-0.15, -0.1) is 0 Å². The van der Waals surface area contributed by atoms with Gasteiger partial charge >= 0.3 is 0 Å². The molecular formula is C23H28N4O3. The molecule has 0 bridgehead atoms. The molecule has 1 saturated heterocycles. The van der Waals surface area contributed by atoms with Crippen LogP contribution in [0.15, 0.2) is 48.5 Å². The van der Waals surface area contributed by atoms with Gasteiger partial charge in [-0.2, -0.15) is 0 Å². The molecular weight excluding hydrogens is 380 g/mol. The summed E-state index contributed by atoms with van der Waals surface area (Å²) in [4.78, 5) is 28.6. The third-order valence-corrected chi connectivity index (χ3v) is 5.61. The Morgan fingerprint density at radius 2 is 1.57 bits per heavy atom. The lowest BCUT2D eigenvalue weighted by Gasteiger charge is -2.36. The Kier molecular flexibility index (Phi) is 6.07. The van der Waals surface area contributed by atoms with Crippen molar-refractivity contribution in [1.29, 1.82) is 0 Å². The van der Waals surface area contributed by atoms with Gasteiger partial charge in [0.2, 0.25) is 11.8 Å². The fraction of sp³-hybridized carbons (Fsp3) is 0.391. The molecule has 0 atom stereocenters. The van der Waals surface area contributed by atoms with Gasteiger partial charge in [0.15, 0.2) is 0 Å². The molecule has 7 nitrogen and oxygen atoms in total. The van der Waals surface area contributed by atoms with Gasteiger partial charge in [-0.3, -0.25) is 9.59 Å². The highest BCUT2D eigenvalue weighted by Gasteiger charge is 2.29. The summed E-state index contributed by atoms with van der Waals surface area (Å²) < 4.78 is 5.21. The molecule has 1 aliphatic heterocycles. The fourth-order valence-corrected chi connectivity index (χ4v) is 3.56. The lowest BCUT2D eigenvalue weighted by atomic mass is 10.2. The molecule has 2 amide bonds. The number of hydrogen-bond acceptors (Lipinski definition) is 5. The first-order valence-corrected chi connectivity index (χ1v) is 10.4. The SMILES string of the molecule is COc1ccc(N2CCN(C(=O)CNc3ccc(NC(=O)C4CC4)cc3)CC2)cc1. The average molecular weight is 409 g/mol. The van der Waals surface area contributed by atoms with Crippen LogP contribution in [0.3, 0.4) is 0 Å². The van der Waals surface area contributed by atoms with E-state index in [1.807, 2.05) is 41.3 Å². The molecule has 2 fully saturated rings. The van der Waals surface area contributed by atoms with Gasteiger partial charge in [0.1, 0.15) is 5.75 Å². The van der Waals surface area contributed by atoms with Gasteiger partial charge in [-0.1, -0.05) is 0 Å². The van der Waals surface area contributed by atoms with Crippen LogP contribution >= 0.6 is 0 Å². The predicted octanol–water partition coefficient (Wildman–Crippen LogP) is 2.80. The number of hydrogen-bond donors (Lipinski definition) is 2. The summed E-state index contributed by atoms with van der Waals surface area (Å²) in [6, 6.07) is 15.5. The summed E-state index contributed by atoms with van der Waals surface area (Å²) in [5.41, 5.74) is 2.80. The van der Waals surface area contributed by atoms with Gasteiger partial charge in [0.05, 0.1) is 13.7 Å². The standard InChI is InChI=1S/C23H28N4O3/c1-30-21-10-8-20(9-11-21)26-12-14-27(15-13-26)22(28)16-24-18-4-6-19(7-5-18)25-23(29)17-2-3-17/h4-11,17,24H,2-3,12-16H2,1H3,(H,25,29). The maximum atomic E-state index is 12.6. The molecule has 2 N–H and O–H groups in total. The number of ether oxygens (including phenoxy) is 1. The van der Waals surface area contributed by atoms with E-state index in [1.54, 1.807) is 7.11 Å². The number of carbonyl (C=O) groups is 2. The highest BCUT2D eigenvalue weighted by molar-refractivity contribution is 5.94. The summed E-state index contributed by atoms with van der Waals surface area (Å²) >= 11 is 0. The molecule has 1 aliphatic carbocycles. The number of rotatable bonds is 7. The van der Waals surface area contributed by atoms with E-state index in [1.165, 1.54) is 0 Å². The van der Waals surface area contributed by atoms with E-state index in [4.69, 9.17) is 4.74 Å². The van der Waals surface area contributed by atoms with E-state index in [9.17, 15) is 9.59 Å². The molecule has 7 heteroatoms. The number of methoxy groups -OCH3 is 1. The molecule has 2 aliphatic rings. The highest BCUT2D eigenvalue weighted by Crippen LogP contribution is 2.30. The predicted molar refractivity (Wildman–Crippen MR) is 118 cm³/mol. The van der Waals surface area contributed by atoms with Crippen LogP contribution < -0.4 is 20.3 Å². The van der Waals surface area contributed by atoms with E-state index in [0.29, 0.717) is 13.1 Å². The van der Waals surface area contributed by atoms with Crippen molar-refractivity contribution < 1.29 is 14.3 Å². The lowest BCUT2D eigenvalue weighted by Crippen LogP contribution is -2.50. The summed E-state index contributed by atoms with van der Waals surface area (Å²) in [7, 11) is 1.66. The molecule has 0 radical (unpaired) electrons. The van der Waals surface area contributed by atoms with Gasteiger partial charge in [0.25, 0.3) is 0 Å². The Morgan fingerprint density at radius 1 is 0.933 bits per heavy atom. The minimum Gasteiger partial charge on any atom is -0.497 e. The topological polar surface area (TPSA) is 73.9 Å². The Bertz CT molecular complexity index is 870. The summed E-state index contributed by atoms with van der Waals surface area (Å²) in [6.45, 7) is 3.30. The van der Waals surface area contributed by atoms with Gasteiger partial charge in [0, 0.05) is 49.2 Å². The van der Waals surface area contributed by atoms with Crippen LogP contribution in [0.1, 0.15) is 12.8 Å². The Labute approximate surface area is 177 Å². The number of anilines is 3. The number of benzene rings is 2. The van der Waals surface area contributed by atoms with Crippen LogP contribution in [0.5, 0.6) is 5.75 Å². The van der Waals surface area contributed by atoms with E-state index < -0.39 is 0 Å². The number of nitrogens with one attached hydrogen (secondary N) is 2. The molecule has 2 aromatic carbocycles. The maximum absolute atomic E-state index is 12.6. The molecule has 0 aromatic heterocycles. The first-order chi connectivity index (χ1) is 14.6. The third-order valence-electron chi connectivity index (χ3n) is 5.61. The normalized spacial score (nSPS) is 16.2. The quantitative estimate of drug-likeness (QED) is 0.737. The number of amides is 2. The van der Waals surface area contributed by atoms with Crippen molar-refractivity contribution >= 4 is 28.9 Å². The summed E-state index contributed by atoms with van der Waals surface area (Å²) in [5.74, 6) is 1.22. The van der Waals surface area contributed by atoms with E-state index in [2.05, 4.69) is 27.7 Å². The first kappa shape index (κ1) is 20.1. The molecule has 2 aromatic rings. The van der Waals surface area contributed by atoms with Crippen LogP contribution in [0.2, 0.25) is 0 Å². The van der Waals surface area contributed by atoms with Crippen molar-refractivity contribution in [2.45, 2.75) is 12.8 Å². The lowest BCUT2D eigenvalue weighted by molar-refractivity contribution is -0.129. The van der Waals surface area contributed by atoms with Crippen LogP contribution in [0.25, 0.3) is 0 Å². The van der Waals surface area contributed by atoms with Crippen molar-refractivity contribution in [3.05, 3.63) is 48.5 Å². The van der Waals surface area contributed by atoms with Crippen molar-refractivity contribution in [2.24, 2.45) is 5.92 Å². The zero-order valence-electron chi connectivity index (χ0n) is 17.3. The summed E-state index contributed by atoms with van der Waals surface area (Å²) in [5, 5.41) is 6.10. The second-order valence-electron chi connectivity index (χ2n) is 7.76. The molecule has 30 heavy (non-hydrogen) atoms. The average Bonchev–Trinajstić information content (AvgIpc) is 3.64. The van der Waals surface area contributed by atoms with Gasteiger partial charge in [-0.05, 0) is 61.4 Å². The molecule has 1 heterocycles. The second kappa shape index (κ2) is 9.07. The first-order valence-electron chi connectivity index (χ1n) is 10.4. The second-order valence-corrected chi connectivity index (χ2v) is 7.76. The molecule has 0 unspecified atom stereocenters. The third kappa shape index (κ3) is 5.03.